The van der Waals surface area contributed by atoms with E-state index in [4.69, 9.17) is 4.74 Å². The molecule has 0 amide bonds. The zero-order valence-corrected chi connectivity index (χ0v) is 9.13. The summed E-state index contributed by atoms with van der Waals surface area (Å²) in [6.45, 7) is 5.75. The van der Waals surface area contributed by atoms with E-state index in [1.54, 1.807) is 7.11 Å². The van der Waals surface area contributed by atoms with Crippen molar-refractivity contribution in [3.05, 3.63) is 17.7 Å². The second-order valence-corrected chi connectivity index (χ2v) is 3.56. The van der Waals surface area contributed by atoms with Crippen LogP contribution < -0.4 is 5.32 Å². The predicted octanol–water partition coefficient (Wildman–Crippen LogP) is 1.23. The first-order valence-corrected chi connectivity index (χ1v) is 4.95. The molecule has 1 aromatic rings. The lowest BCUT2D eigenvalue weighted by molar-refractivity contribution is 0.184. The van der Waals surface area contributed by atoms with E-state index in [2.05, 4.69) is 22.2 Å². The van der Waals surface area contributed by atoms with Crippen LogP contribution in [-0.4, -0.2) is 29.7 Å². The molecule has 0 aliphatic heterocycles. The van der Waals surface area contributed by atoms with Crippen molar-refractivity contribution in [1.82, 2.24) is 15.3 Å². The third-order valence-corrected chi connectivity index (χ3v) is 2.15. The van der Waals surface area contributed by atoms with Crippen LogP contribution in [0.25, 0.3) is 0 Å². The Bertz CT molecular complexity index is 260. The molecule has 0 saturated heterocycles. The molecular weight excluding hydrogens is 178 g/mol. The highest BCUT2D eigenvalue weighted by Crippen LogP contribution is 1.97. The van der Waals surface area contributed by atoms with E-state index in [9.17, 15) is 0 Å². The van der Waals surface area contributed by atoms with Gasteiger partial charge in [0.2, 0.25) is 0 Å². The molecule has 1 heterocycles. The number of aromatic nitrogens is 2. The van der Waals surface area contributed by atoms with E-state index in [0.717, 1.165) is 31.1 Å². The molecule has 1 unspecified atom stereocenters. The fourth-order valence-corrected chi connectivity index (χ4v) is 1.24. The van der Waals surface area contributed by atoms with Gasteiger partial charge in [0.05, 0.1) is 0 Å². The monoisotopic (exact) mass is 197 g/mol. The Balaban J connectivity index is 2.20. The number of H-pyrrole nitrogens is 1. The van der Waals surface area contributed by atoms with Crippen LogP contribution in [-0.2, 0) is 11.3 Å². The third kappa shape index (κ3) is 3.89. The molecule has 4 heteroatoms. The number of ether oxygens (including phenoxy) is 1. The molecule has 1 atom stereocenters. The second-order valence-electron chi connectivity index (χ2n) is 3.56. The van der Waals surface area contributed by atoms with Crippen LogP contribution in [0.5, 0.6) is 0 Å². The molecule has 1 aromatic heterocycles. The molecule has 80 valence electrons. The third-order valence-electron chi connectivity index (χ3n) is 2.15. The van der Waals surface area contributed by atoms with E-state index in [1.165, 1.54) is 0 Å². The number of aryl methyl sites for hydroxylation is 1. The van der Waals surface area contributed by atoms with Crippen molar-refractivity contribution in [1.29, 1.82) is 0 Å². The maximum absolute atomic E-state index is 5.01. The molecule has 14 heavy (non-hydrogen) atoms. The van der Waals surface area contributed by atoms with E-state index >= 15 is 0 Å². The summed E-state index contributed by atoms with van der Waals surface area (Å²) in [5, 5.41) is 3.40. The van der Waals surface area contributed by atoms with E-state index < -0.39 is 0 Å². The Kier molecular flexibility index (Phi) is 4.62. The Morgan fingerprint density at radius 1 is 1.64 bits per heavy atom. The Hall–Kier alpha value is -0.870. The largest absolute Gasteiger partial charge is 0.385 e. The molecule has 0 saturated carbocycles. The van der Waals surface area contributed by atoms with E-state index in [1.807, 2.05) is 13.1 Å². The van der Waals surface area contributed by atoms with Gasteiger partial charge in [-0.1, -0.05) is 0 Å². The Morgan fingerprint density at radius 3 is 3.00 bits per heavy atom. The Morgan fingerprint density at radius 2 is 2.43 bits per heavy atom. The van der Waals surface area contributed by atoms with Gasteiger partial charge in [-0.15, -0.1) is 0 Å². The molecule has 2 N–H and O–H groups in total. The van der Waals surface area contributed by atoms with Crippen molar-refractivity contribution < 1.29 is 4.74 Å². The lowest BCUT2D eigenvalue weighted by Crippen LogP contribution is -2.26. The summed E-state index contributed by atoms with van der Waals surface area (Å²) >= 11 is 0. The first-order chi connectivity index (χ1) is 6.72. The van der Waals surface area contributed by atoms with Crippen molar-refractivity contribution in [2.45, 2.75) is 32.9 Å². The fourth-order valence-electron chi connectivity index (χ4n) is 1.24. The van der Waals surface area contributed by atoms with E-state index in [-0.39, 0.29) is 0 Å². The Labute approximate surface area is 85.1 Å². The van der Waals surface area contributed by atoms with Crippen LogP contribution in [0.15, 0.2) is 6.20 Å². The summed E-state index contributed by atoms with van der Waals surface area (Å²) in [7, 11) is 1.73. The summed E-state index contributed by atoms with van der Waals surface area (Å²) in [5.74, 6) is 0.964. The number of imidazole rings is 1. The number of nitrogens with zero attached hydrogens (tertiary/aromatic N) is 1. The number of rotatable bonds is 6. The normalized spacial score (nSPS) is 13.1. The standard InChI is InChI=1S/C10H19N3O/c1-8(4-5-14-3)11-6-10-7-12-9(2)13-10/h7-8,11H,4-6H2,1-3H3,(H,12,13). The van der Waals surface area contributed by atoms with Gasteiger partial charge in [-0.25, -0.2) is 4.98 Å². The summed E-state index contributed by atoms with van der Waals surface area (Å²) in [6.07, 6.45) is 2.90. The van der Waals surface area contributed by atoms with Gasteiger partial charge in [-0.05, 0) is 20.3 Å². The van der Waals surface area contributed by atoms with Crippen molar-refractivity contribution in [2.24, 2.45) is 0 Å². The molecule has 0 aromatic carbocycles. The number of aromatic amines is 1. The lowest BCUT2D eigenvalue weighted by atomic mass is 10.2. The minimum atomic E-state index is 0.471. The average molecular weight is 197 g/mol. The number of hydrogen-bond donors (Lipinski definition) is 2. The highest BCUT2D eigenvalue weighted by Gasteiger charge is 2.02. The van der Waals surface area contributed by atoms with Gasteiger partial charge in [-0.3, -0.25) is 0 Å². The molecule has 0 spiro atoms. The predicted molar refractivity (Wildman–Crippen MR) is 56.1 cm³/mol. The first-order valence-electron chi connectivity index (χ1n) is 4.95. The molecule has 0 aliphatic carbocycles. The van der Waals surface area contributed by atoms with Gasteiger partial charge in [0.15, 0.2) is 0 Å². The maximum Gasteiger partial charge on any atom is 0.103 e. The smallest absolute Gasteiger partial charge is 0.103 e. The summed E-state index contributed by atoms with van der Waals surface area (Å²) < 4.78 is 5.01. The van der Waals surface area contributed by atoms with Crippen molar-refractivity contribution in [3.63, 3.8) is 0 Å². The highest BCUT2D eigenvalue weighted by atomic mass is 16.5. The van der Waals surface area contributed by atoms with Crippen LogP contribution in [0, 0.1) is 6.92 Å². The summed E-state index contributed by atoms with van der Waals surface area (Å²) in [4.78, 5) is 7.32. The number of hydrogen-bond acceptors (Lipinski definition) is 3. The minimum Gasteiger partial charge on any atom is -0.385 e. The van der Waals surface area contributed by atoms with Crippen LogP contribution in [0.1, 0.15) is 24.9 Å². The number of methoxy groups -OCH3 is 1. The summed E-state index contributed by atoms with van der Waals surface area (Å²) in [6, 6.07) is 0.471. The first kappa shape index (κ1) is 11.2. The van der Waals surface area contributed by atoms with Crippen molar-refractivity contribution in [3.8, 4) is 0 Å². The maximum atomic E-state index is 5.01. The van der Waals surface area contributed by atoms with Crippen LogP contribution in [0.3, 0.4) is 0 Å². The molecule has 1 rings (SSSR count). The quantitative estimate of drug-likeness (QED) is 0.721. The van der Waals surface area contributed by atoms with Crippen molar-refractivity contribution in [2.75, 3.05) is 13.7 Å². The molecule has 0 radical (unpaired) electrons. The van der Waals surface area contributed by atoms with Gasteiger partial charge in [0.1, 0.15) is 5.82 Å². The van der Waals surface area contributed by atoms with Gasteiger partial charge in [0, 0.05) is 38.2 Å². The van der Waals surface area contributed by atoms with Gasteiger partial charge in [0.25, 0.3) is 0 Å². The van der Waals surface area contributed by atoms with Crippen LogP contribution >= 0.6 is 0 Å². The molecule has 0 aliphatic rings. The highest BCUT2D eigenvalue weighted by molar-refractivity contribution is 4.99. The lowest BCUT2D eigenvalue weighted by Gasteiger charge is -2.11. The second kappa shape index (κ2) is 5.78. The molecular formula is C10H19N3O. The number of nitrogens with one attached hydrogen (secondary N) is 2. The van der Waals surface area contributed by atoms with Crippen molar-refractivity contribution >= 4 is 0 Å². The van der Waals surface area contributed by atoms with Crippen LogP contribution in [0.4, 0.5) is 0 Å². The fraction of sp³-hybridized carbons (Fsp3) is 0.700. The topological polar surface area (TPSA) is 49.9 Å². The zero-order valence-electron chi connectivity index (χ0n) is 9.13. The van der Waals surface area contributed by atoms with Crippen LogP contribution in [0.2, 0.25) is 0 Å². The minimum absolute atomic E-state index is 0.471. The van der Waals surface area contributed by atoms with Gasteiger partial charge in [-0.2, -0.15) is 0 Å². The molecule has 4 nitrogen and oxygen atoms in total. The van der Waals surface area contributed by atoms with Gasteiger partial charge < -0.3 is 15.0 Å². The SMILES string of the molecule is COCCC(C)NCc1cnc(C)[nH]1. The van der Waals surface area contributed by atoms with E-state index in [0.29, 0.717) is 6.04 Å². The van der Waals surface area contributed by atoms with Gasteiger partial charge >= 0.3 is 0 Å². The molecule has 0 bridgehead atoms. The summed E-state index contributed by atoms with van der Waals surface area (Å²) in [5.41, 5.74) is 1.13. The average Bonchev–Trinajstić information content (AvgIpc) is 2.58. The zero-order chi connectivity index (χ0) is 10.4. The molecule has 0 fully saturated rings.